The van der Waals surface area contributed by atoms with Gasteiger partial charge in [0.1, 0.15) is 24.4 Å². The summed E-state index contributed by atoms with van der Waals surface area (Å²) in [5.41, 5.74) is 2.05. The molecule has 0 N–H and O–H groups in total. The minimum atomic E-state index is -0.233. The number of carbonyl (C=O) groups is 2. The van der Waals surface area contributed by atoms with Crippen LogP contribution in [0.15, 0.2) is 73.2 Å². The quantitative estimate of drug-likeness (QED) is 0.537. The van der Waals surface area contributed by atoms with Crippen LogP contribution in [0.3, 0.4) is 0 Å². The molecule has 2 amide bonds. The Labute approximate surface area is 213 Å². The summed E-state index contributed by atoms with van der Waals surface area (Å²) in [4.78, 5) is 38.9. The first-order chi connectivity index (χ1) is 17.7. The van der Waals surface area contributed by atoms with E-state index in [0.717, 1.165) is 31.2 Å². The Hall–Kier alpha value is -3.74. The lowest BCUT2D eigenvalue weighted by Gasteiger charge is -2.32. The molecule has 4 rings (SSSR count). The molecule has 7 nitrogen and oxygen atoms in total. The van der Waals surface area contributed by atoms with E-state index >= 15 is 0 Å². The van der Waals surface area contributed by atoms with Crippen LogP contribution in [0, 0.1) is 0 Å². The molecule has 0 saturated carbocycles. The second kappa shape index (κ2) is 12.8. The summed E-state index contributed by atoms with van der Waals surface area (Å²) in [6.07, 6.45) is 7.41. The fourth-order valence-electron chi connectivity index (χ4n) is 4.63. The van der Waals surface area contributed by atoms with E-state index in [2.05, 4.69) is 22.1 Å². The van der Waals surface area contributed by atoms with Gasteiger partial charge >= 0.3 is 0 Å². The number of amides is 2. The number of rotatable bonds is 4. The van der Waals surface area contributed by atoms with Crippen LogP contribution in [0.5, 0.6) is 5.75 Å². The Morgan fingerprint density at radius 1 is 0.972 bits per heavy atom. The lowest BCUT2D eigenvalue weighted by molar-refractivity contribution is 0.0592. The molecular weight excluding hydrogens is 452 g/mol. The van der Waals surface area contributed by atoms with Crippen molar-refractivity contribution in [1.29, 1.82) is 0 Å². The molecule has 2 heterocycles. The van der Waals surface area contributed by atoms with Gasteiger partial charge in [-0.15, -0.1) is 0 Å². The molecule has 0 fully saturated rings. The SMILES string of the molecule is CCN1CCCCCCN(C(=O)c2ccncn2)[C@@H](Cc2ccccc2)COc2ccccc2C1=O. The third-order valence-electron chi connectivity index (χ3n) is 6.61. The van der Waals surface area contributed by atoms with Crippen molar-refractivity contribution < 1.29 is 14.3 Å². The molecule has 1 aliphatic rings. The van der Waals surface area contributed by atoms with E-state index in [9.17, 15) is 9.59 Å². The Morgan fingerprint density at radius 2 is 1.72 bits per heavy atom. The zero-order valence-corrected chi connectivity index (χ0v) is 20.9. The zero-order chi connectivity index (χ0) is 25.2. The molecule has 0 saturated heterocycles. The number of para-hydroxylation sites is 1. The predicted octanol–water partition coefficient (Wildman–Crippen LogP) is 4.65. The van der Waals surface area contributed by atoms with E-state index < -0.39 is 0 Å². The standard InChI is InChI=1S/C29H34N4O3/c1-2-32-18-10-3-4-11-19-33(29(35)26-16-17-30-22-31-26)24(20-23-12-6-5-7-13-23)21-36-27-15-9-8-14-25(27)28(32)34/h5-9,12-17,22,24H,2-4,10-11,18-21H2,1H3/t24-/m0/s1. The number of aromatic nitrogens is 2. The van der Waals surface area contributed by atoms with Gasteiger partial charge in [0, 0.05) is 25.8 Å². The van der Waals surface area contributed by atoms with Crippen molar-refractivity contribution >= 4 is 11.8 Å². The lowest BCUT2D eigenvalue weighted by Crippen LogP contribution is -2.46. The molecule has 0 aliphatic carbocycles. The Kier molecular flexibility index (Phi) is 9.03. The molecule has 0 unspecified atom stereocenters. The first-order valence-corrected chi connectivity index (χ1v) is 12.8. The van der Waals surface area contributed by atoms with Crippen LogP contribution < -0.4 is 4.74 Å². The van der Waals surface area contributed by atoms with Gasteiger partial charge in [0.15, 0.2) is 0 Å². The Balaban J connectivity index is 1.68. The molecule has 1 aliphatic heterocycles. The summed E-state index contributed by atoms with van der Waals surface area (Å²) in [5, 5.41) is 0. The summed E-state index contributed by atoms with van der Waals surface area (Å²) in [6, 6.07) is 18.9. The fourth-order valence-corrected chi connectivity index (χ4v) is 4.63. The van der Waals surface area contributed by atoms with Gasteiger partial charge in [0.2, 0.25) is 0 Å². The van der Waals surface area contributed by atoms with E-state index in [4.69, 9.17) is 4.74 Å². The molecule has 1 aromatic heterocycles. The van der Waals surface area contributed by atoms with Crippen LogP contribution in [0.4, 0.5) is 0 Å². The third-order valence-corrected chi connectivity index (χ3v) is 6.61. The smallest absolute Gasteiger partial charge is 0.272 e. The summed E-state index contributed by atoms with van der Waals surface area (Å²) in [7, 11) is 0. The minimum Gasteiger partial charge on any atom is -0.491 e. The number of hydrogen-bond acceptors (Lipinski definition) is 5. The third kappa shape index (κ3) is 6.47. The van der Waals surface area contributed by atoms with E-state index in [1.54, 1.807) is 12.3 Å². The number of fused-ring (bicyclic) bond motifs is 1. The minimum absolute atomic E-state index is 0.0151. The van der Waals surface area contributed by atoms with Gasteiger partial charge in [0.05, 0.1) is 11.6 Å². The highest BCUT2D eigenvalue weighted by atomic mass is 16.5. The highest BCUT2D eigenvalue weighted by molar-refractivity contribution is 5.97. The molecule has 2 aromatic carbocycles. The van der Waals surface area contributed by atoms with Gasteiger partial charge in [-0.1, -0.05) is 55.3 Å². The van der Waals surface area contributed by atoms with Crippen molar-refractivity contribution in [2.75, 3.05) is 26.2 Å². The van der Waals surface area contributed by atoms with Gasteiger partial charge in [-0.3, -0.25) is 9.59 Å². The molecule has 0 bridgehead atoms. The molecular formula is C29H34N4O3. The summed E-state index contributed by atoms with van der Waals surface area (Å²) >= 11 is 0. The van der Waals surface area contributed by atoms with E-state index in [-0.39, 0.29) is 24.5 Å². The number of carbonyl (C=O) groups excluding carboxylic acids is 2. The number of ether oxygens (including phenoxy) is 1. The highest BCUT2D eigenvalue weighted by Gasteiger charge is 2.28. The van der Waals surface area contributed by atoms with Crippen LogP contribution in [-0.2, 0) is 6.42 Å². The Bertz CT molecular complexity index is 1120. The summed E-state index contributed by atoms with van der Waals surface area (Å²) < 4.78 is 6.32. The average molecular weight is 487 g/mol. The summed E-state index contributed by atoms with van der Waals surface area (Å²) in [5.74, 6) is 0.403. The lowest BCUT2D eigenvalue weighted by atomic mass is 10.0. The van der Waals surface area contributed by atoms with Crippen LogP contribution >= 0.6 is 0 Å². The first-order valence-electron chi connectivity index (χ1n) is 12.8. The second-order valence-electron chi connectivity index (χ2n) is 9.04. The van der Waals surface area contributed by atoms with Crippen LogP contribution in [0.2, 0.25) is 0 Å². The van der Waals surface area contributed by atoms with Gasteiger partial charge in [-0.25, -0.2) is 9.97 Å². The maximum absolute atomic E-state index is 13.6. The normalized spacial score (nSPS) is 17.6. The maximum Gasteiger partial charge on any atom is 0.272 e. The first kappa shape index (κ1) is 25.4. The molecule has 1 atom stereocenters. The zero-order valence-electron chi connectivity index (χ0n) is 20.9. The van der Waals surface area contributed by atoms with E-state index in [1.807, 2.05) is 59.2 Å². The number of hydrogen-bond donors (Lipinski definition) is 0. The van der Waals surface area contributed by atoms with Crippen molar-refractivity contribution in [3.8, 4) is 5.75 Å². The van der Waals surface area contributed by atoms with Crippen molar-refractivity contribution in [3.05, 3.63) is 90.0 Å². The molecule has 3 aromatic rings. The highest BCUT2D eigenvalue weighted by Crippen LogP contribution is 2.23. The monoisotopic (exact) mass is 486 g/mol. The number of benzene rings is 2. The van der Waals surface area contributed by atoms with Crippen molar-refractivity contribution in [1.82, 2.24) is 19.8 Å². The van der Waals surface area contributed by atoms with E-state index in [1.165, 1.54) is 6.33 Å². The van der Waals surface area contributed by atoms with Crippen LogP contribution in [0.1, 0.15) is 59.0 Å². The average Bonchev–Trinajstić information content (AvgIpc) is 2.93. The van der Waals surface area contributed by atoms with Gasteiger partial charge in [0.25, 0.3) is 11.8 Å². The molecule has 0 radical (unpaired) electrons. The van der Waals surface area contributed by atoms with Gasteiger partial charge in [-0.2, -0.15) is 0 Å². The van der Waals surface area contributed by atoms with Crippen LogP contribution in [-0.4, -0.2) is 63.9 Å². The number of nitrogens with zero attached hydrogens (tertiary/aromatic N) is 4. The molecule has 0 spiro atoms. The Morgan fingerprint density at radius 3 is 2.47 bits per heavy atom. The maximum atomic E-state index is 13.6. The fraction of sp³-hybridized carbons (Fsp3) is 0.379. The van der Waals surface area contributed by atoms with Crippen LogP contribution in [0.25, 0.3) is 0 Å². The van der Waals surface area contributed by atoms with Gasteiger partial charge < -0.3 is 14.5 Å². The predicted molar refractivity (Wildman–Crippen MR) is 139 cm³/mol. The molecule has 7 heteroatoms. The van der Waals surface area contributed by atoms with Crippen molar-refractivity contribution in [2.24, 2.45) is 0 Å². The van der Waals surface area contributed by atoms with Gasteiger partial charge in [-0.05, 0) is 49.9 Å². The second-order valence-corrected chi connectivity index (χ2v) is 9.04. The summed E-state index contributed by atoms with van der Waals surface area (Å²) in [6.45, 7) is 4.26. The largest absolute Gasteiger partial charge is 0.491 e. The molecule has 188 valence electrons. The topological polar surface area (TPSA) is 75.6 Å². The molecule has 36 heavy (non-hydrogen) atoms. The van der Waals surface area contributed by atoms with E-state index in [0.29, 0.717) is 43.1 Å². The van der Waals surface area contributed by atoms with Crippen molar-refractivity contribution in [3.63, 3.8) is 0 Å². The van der Waals surface area contributed by atoms with Crippen molar-refractivity contribution in [2.45, 2.75) is 45.1 Å².